The van der Waals surface area contributed by atoms with E-state index in [4.69, 9.17) is 10.5 Å². The molecule has 1 saturated carbocycles. The van der Waals surface area contributed by atoms with Gasteiger partial charge in [0, 0.05) is 26.1 Å². The van der Waals surface area contributed by atoms with E-state index in [0.717, 1.165) is 18.4 Å². The molecule has 1 amide bonds. The molecule has 1 aromatic carbocycles. The fourth-order valence-corrected chi connectivity index (χ4v) is 2.22. The van der Waals surface area contributed by atoms with E-state index in [9.17, 15) is 9.18 Å². The van der Waals surface area contributed by atoms with Gasteiger partial charge in [-0.15, -0.1) is 0 Å². The van der Waals surface area contributed by atoms with E-state index in [1.54, 1.807) is 24.1 Å². The van der Waals surface area contributed by atoms with Gasteiger partial charge in [0.05, 0.1) is 7.11 Å². The van der Waals surface area contributed by atoms with Crippen LogP contribution in [0.5, 0.6) is 5.75 Å². The zero-order valence-corrected chi connectivity index (χ0v) is 11.9. The zero-order chi connectivity index (χ0) is 14.7. The summed E-state index contributed by atoms with van der Waals surface area (Å²) < 4.78 is 18.4. The Morgan fingerprint density at radius 1 is 1.55 bits per heavy atom. The lowest BCUT2D eigenvalue weighted by atomic mass is 10.1. The molecule has 0 radical (unpaired) electrons. The fourth-order valence-electron chi connectivity index (χ4n) is 2.22. The number of benzene rings is 1. The largest absolute Gasteiger partial charge is 0.494 e. The molecule has 0 bridgehead atoms. The standard InChI is InChI=1S/C15H21FN2O2/c1-18(15(19)8-13(17)11-4-5-11)9-10-3-6-14(20-2)12(16)7-10/h3,6-7,11,13H,4-5,8-9,17H2,1-2H3. The minimum Gasteiger partial charge on any atom is -0.494 e. The minimum absolute atomic E-state index is 0.000580. The van der Waals surface area contributed by atoms with Crippen molar-refractivity contribution in [2.24, 2.45) is 11.7 Å². The second kappa shape index (κ2) is 6.22. The van der Waals surface area contributed by atoms with Crippen molar-refractivity contribution in [2.45, 2.75) is 31.8 Å². The highest BCUT2D eigenvalue weighted by molar-refractivity contribution is 5.76. The summed E-state index contributed by atoms with van der Waals surface area (Å²) in [7, 11) is 3.14. The van der Waals surface area contributed by atoms with Crippen molar-refractivity contribution < 1.29 is 13.9 Å². The van der Waals surface area contributed by atoms with Gasteiger partial charge in [0.25, 0.3) is 0 Å². The summed E-state index contributed by atoms with van der Waals surface area (Å²) in [5.74, 6) is 0.297. The summed E-state index contributed by atoms with van der Waals surface area (Å²) in [5, 5.41) is 0. The quantitative estimate of drug-likeness (QED) is 0.866. The highest BCUT2D eigenvalue weighted by atomic mass is 19.1. The van der Waals surface area contributed by atoms with Crippen LogP contribution < -0.4 is 10.5 Å². The normalized spacial score (nSPS) is 15.8. The number of nitrogens with zero attached hydrogens (tertiary/aromatic N) is 1. The van der Waals surface area contributed by atoms with Gasteiger partial charge in [0.1, 0.15) is 0 Å². The summed E-state index contributed by atoms with van der Waals surface area (Å²) in [5.41, 5.74) is 6.68. The average molecular weight is 280 g/mol. The summed E-state index contributed by atoms with van der Waals surface area (Å²) in [6.45, 7) is 0.372. The van der Waals surface area contributed by atoms with Crippen LogP contribution in [0.15, 0.2) is 18.2 Å². The molecule has 1 atom stereocenters. The molecule has 4 nitrogen and oxygen atoms in total. The molecule has 5 heteroatoms. The highest BCUT2D eigenvalue weighted by Crippen LogP contribution is 2.33. The summed E-state index contributed by atoms with van der Waals surface area (Å²) >= 11 is 0. The summed E-state index contributed by atoms with van der Waals surface area (Å²) in [6, 6.07) is 4.67. The van der Waals surface area contributed by atoms with Crippen LogP contribution in [0.2, 0.25) is 0 Å². The maximum Gasteiger partial charge on any atom is 0.224 e. The number of methoxy groups -OCH3 is 1. The lowest BCUT2D eigenvalue weighted by molar-refractivity contribution is -0.130. The molecule has 1 aliphatic rings. The Bertz CT molecular complexity index is 489. The van der Waals surface area contributed by atoms with Crippen LogP contribution in [0, 0.1) is 11.7 Å². The van der Waals surface area contributed by atoms with Crippen molar-refractivity contribution in [1.29, 1.82) is 0 Å². The molecule has 0 aliphatic heterocycles. The Morgan fingerprint density at radius 3 is 2.80 bits per heavy atom. The van der Waals surface area contributed by atoms with Gasteiger partial charge in [-0.3, -0.25) is 4.79 Å². The first kappa shape index (κ1) is 14.8. The van der Waals surface area contributed by atoms with Gasteiger partial charge in [-0.1, -0.05) is 6.07 Å². The van der Waals surface area contributed by atoms with Crippen molar-refractivity contribution in [3.63, 3.8) is 0 Å². The number of nitrogens with two attached hydrogens (primary N) is 1. The maximum absolute atomic E-state index is 13.6. The van der Waals surface area contributed by atoms with E-state index >= 15 is 0 Å². The predicted molar refractivity (Wildman–Crippen MR) is 74.7 cm³/mol. The number of halogens is 1. The summed E-state index contributed by atoms with van der Waals surface area (Å²) in [4.78, 5) is 13.6. The topological polar surface area (TPSA) is 55.6 Å². The van der Waals surface area contributed by atoms with E-state index in [1.165, 1.54) is 13.2 Å². The number of rotatable bonds is 6. The van der Waals surface area contributed by atoms with Gasteiger partial charge >= 0.3 is 0 Å². The molecule has 1 aliphatic carbocycles. The molecule has 2 N–H and O–H groups in total. The third kappa shape index (κ3) is 3.70. The number of carbonyl (C=O) groups is 1. The van der Waals surface area contributed by atoms with Crippen molar-refractivity contribution in [2.75, 3.05) is 14.2 Å². The van der Waals surface area contributed by atoms with Crippen molar-refractivity contribution >= 4 is 5.91 Å². The van der Waals surface area contributed by atoms with Crippen molar-refractivity contribution in [3.8, 4) is 5.75 Å². The predicted octanol–water partition coefficient (Wildman–Crippen LogP) is 1.92. The first-order valence-corrected chi connectivity index (χ1v) is 6.83. The molecule has 0 saturated heterocycles. The smallest absolute Gasteiger partial charge is 0.224 e. The van der Waals surface area contributed by atoms with Crippen LogP contribution >= 0.6 is 0 Å². The van der Waals surface area contributed by atoms with E-state index in [0.29, 0.717) is 18.9 Å². The van der Waals surface area contributed by atoms with Gasteiger partial charge < -0.3 is 15.4 Å². The number of hydrogen-bond donors (Lipinski definition) is 1. The third-order valence-corrected chi connectivity index (χ3v) is 3.70. The van der Waals surface area contributed by atoms with Crippen LogP contribution in [0.25, 0.3) is 0 Å². The lowest BCUT2D eigenvalue weighted by Gasteiger charge is -2.20. The van der Waals surface area contributed by atoms with E-state index in [1.807, 2.05) is 0 Å². The van der Waals surface area contributed by atoms with Gasteiger partial charge in [-0.05, 0) is 36.5 Å². The number of amides is 1. The molecule has 0 spiro atoms. The second-order valence-electron chi connectivity index (χ2n) is 5.42. The SMILES string of the molecule is COc1ccc(CN(C)C(=O)CC(N)C2CC2)cc1F. The van der Waals surface area contributed by atoms with Crippen LogP contribution in [-0.2, 0) is 11.3 Å². The Morgan fingerprint density at radius 2 is 2.25 bits per heavy atom. The maximum atomic E-state index is 13.6. The van der Waals surface area contributed by atoms with Crippen LogP contribution in [0.1, 0.15) is 24.8 Å². The van der Waals surface area contributed by atoms with Crippen molar-refractivity contribution in [1.82, 2.24) is 4.90 Å². The van der Waals surface area contributed by atoms with E-state index in [2.05, 4.69) is 0 Å². The third-order valence-electron chi connectivity index (χ3n) is 3.70. The lowest BCUT2D eigenvalue weighted by Crippen LogP contribution is -2.34. The molecular formula is C15H21FN2O2. The molecular weight excluding hydrogens is 259 g/mol. The van der Waals surface area contributed by atoms with Crippen LogP contribution in [0.4, 0.5) is 4.39 Å². The second-order valence-corrected chi connectivity index (χ2v) is 5.42. The Labute approximate surface area is 118 Å². The van der Waals surface area contributed by atoms with Gasteiger partial charge in [0.2, 0.25) is 5.91 Å². The highest BCUT2D eigenvalue weighted by Gasteiger charge is 2.30. The molecule has 0 heterocycles. The van der Waals surface area contributed by atoms with E-state index in [-0.39, 0.29) is 17.7 Å². The number of carbonyl (C=O) groups excluding carboxylic acids is 1. The van der Waals surface area contributed by atoms with E-state index < -0.39 is 5.82 Å². The van der Waals surface area contributed by atoms with Gasteiger partial charge in [0.15, 0.2) is 11.6 Å². The van der Waals surface area contributed by atoms with Gasteiger partial charge in [-0.2, -0.15) is 0 Å². The molecule has 20 heavy (non-hydrogen) atoms. The molecule has 110 valence electrons. The minimum atomic E-state index is -0.416. The zero-order valence-electron chi connectivity index (χ0n) is 11.9. The Balaban J connectivity index is 1.91. The fraction of sp³-hybridized carbons (Fsp3) is 0.533. The average Bonchev–Trinajstić information content (AvgIpc) is 3.23. The molecule has 1 fully saturated rings. The molecule has 0 aromatic heterocycles. The Kier molecular flexibility index (Phi) is 4.60. The van der Waals surface area contributed by atoms with Crippen LogP contribution in [0.3, 0.4) is 0 Å². The molecule has 1 aromatic rings. The monoisotopic (exact) mass is 280 g/mol. The summed E-state index contributed by atoms with van der Waals surface area (Å²) in [6.07, 6.45) is 2.61. The van der Waals surface area contributed by atoms with Crippen molar-refractivity contribution in [3.05, 3.63) is 29.6 Å². The van der Waals surface area contributed by atoms with Crippen LogP contribution in [-0.4, -0.2) is 31.0 Å². The number of hydrogen-bond acceptors (Lipinski definition) is 3. The first-order valence-electron chi connectivity index (χ1n) is 6.83. The first-order chi connectivity index (χ1) is 9.51. The molecule has 2 rings (SSSR count). The Hall–Kier alpha value is -1.62. The molecule has 1 unspecified atom stereocenters. The number of ether oxygens (including phenoxy) is 1. The van der Waals surface area contributed by atoms with Gasteiger partial charge in [-0.25, -0.2) is 4.39 Å².